The number of oxazole rings is 1. The van der Waals surface area contributed by atoms with Crippen LogP contribution in [-0.4, -0.2) is 13.4 Å². The van der Waals surface area contributed by atoms with Gasteiger partial charge in [-0.2, -0.15) is 0 Å². The Kier molecular flexibility index (Phi) is 4.04. The molecule has 0 saturated heterocycles. The predicted octanol–water partition coefficient (Wildman–Crippen LogP) is 2.82. The molecule has 0 radical (unpaired) electrons. The number of nitrogens with one attached hydrogen (secondary N) is 1. The molecule has 1 aromatic heterocycles. The zero-order valence-electron chi connectivity index (χ0n) is 11.6. The molecule has 0 aliphatic rings. The summed E-state index contributed by atoms with van der Waals surface area (Å²) in [6.45, 7) is 0.0124. The number of aromatic nitrogens is 1. The fraction of sp³-hybridized carbons (Fsp3) is 0.0625. The minimum absolute atomic E-state index is 0.0124. The lowest BCUT2D eigenvalue weighted by Gasteiger charge is -2.11. The van der Waals surface area contributed by atoms with Crippen molar-refractivity contribution in [1.82, 2.24) is 9.71 Å². The summed E-state index contributed by atoms with van der Waals surface area (Å²) in [4.78, 5) is 4.13. The van der Waals surface area contributed by atoms with Crippen LogP contribution in [0, 0.1) is 0 Å². The van der Waals surface area contributed by atoms with Gasteiger partial charge in [0.2, 0.25) is 15.9 Å². The zero-order valence-corrected chi connectivity index (χ0v) is 12.5. The third-order valence-electron chi connectivity index (χ3n) is 3.16. The van der Waals surface area contributed by atoms with Crippen molar-refractivity contribution < 1.29 is 12.8 Å². The molecule has 0 saturated carbocycles. The standard InChI is InChI=1S/C16H14N2O3S/c19-22(20,18-12-16-17-10-11-21-16)15-9-5-4-8-14(15)13-6-2-1-3-7-13/h1-11,18H,12H2. The van der Waals surface area contributed by atoms with E-state index in [1.807, 2.05) is 36.4 Å². The minimum atomic E-state index is -3.67. The van der Waals surface area contributed by atoms with E-state index in [1.54, 1.807) is 18.2 Å². The second kappa shape index (κ2) is 6.13. The highest BCUT2D eigenvalue weighted by atomic mass is 32.2. The van der Waals surface area contributed by atoms with Crippen molar-refractivity contribution in [3.63, 3.8) is 0 Å². The fourth-order valence-corrected chi connectivity index (χ4v) is 3.33. The summed E-state index contributed by atoms with van der Waals surface area (Å²) in [7, 11) is -3.67. The molecule has 0 aliphatic carbocycles. The average Bonchev–Trinajstić information content (AvgIpc) is 3.07. The first kappa shape index (κ1) is 14.5. The topological polar surface area (TPSA) is 72.2 Å². The Hall–Kier alpha value is -2.44. The second-order valence-electron chi connectivity index (χ2n) is 4.61. The normalized spacial score (nSPS) is 11.5. The molecule has 6 heteroatoms. The van der Waals surface area contributed by atoms with E-state index in [1.165, 1.54) is 12.5 Å². The molecule has 0 spiro atoms. The van der Waals surface area contributed by atoms with Gasteiger partial charge in [-0.1, -0.05) is 48.5 Å². The van der Waals surface area contributed by atoms with Crippen LogP contribution in [0.2, 0.25) is 0 Å². The van der Waals surface area contributed by atoms with Crippen molar-refractivity contribution >= 4 is 10.0 Å². The molecule has 2 aromatic carbocycles. The highest BCUT2D eigenvalue weighted by Gasteiger charge is 2.19. The van der Waals surface area contributed by atoms with Crippen molar-refractivity contribution in [2.45, 2.75) is 11.4 Å². The number of hydrogen-bond acceptors (Lipinski definition) is 4. The van der Waals surface area contributed by atoms with Gasteiger partial charge in [-0.3, -0.25) is 0 Å². The van der Waals surface area contributed by atoms with Crippen LogP contribution in [0.25, 0.3) is 11.1 Å². The molecule has 5 nitrogen and oxygen atoms in total. The molecule has 3 aromatic rings. The van der Waals surface area contributed by atoms with Gasteiger partial charge in [0.05, 0.1) is 17.6 Å². The Morgan fingerprint density at radius 1 is 1.00 bits per heavy atom. The molecule has 1 heterocycles. The molecule has 0 amide bonds. The average molecular weight is 314 g/mol. The molecule has 3 rings (SSSR count). The molecule has 0 bridgehead atoms. The zero-order chi connectivity index (χ0) is 15.4. The number of nitrogens with zero attached hydrogens (tertiary/aromatic N) is 1. The van der Waals surface area contributed by atoms with Crippen LogP contribution in [-0.2, 0) is 16.6 Å². The van der Waals surface area contributed by atoms with Gasteiger partial charge >= 0.3 is 0 Å². The van der Waals surface area contributed by atoms with E-state index in [4.69, 9.17) is 4.42 Å². The molecular formula is C16H14N2O3S. The van der Waals surface area contributed by atoms with E-state index in [9.17, 15) is 8.42 Å². The fourth-order valence-electron chi connectivity index (χ4n) is 2.13. The molecular weight excluding hydrogens is 300 g/mol. The van der Waals surface area contributed by atoms with Crippen molar-refractivity contribution in [2.75, 3.05) is 0 Å². The Bertz CT molecular complexity index is 844. The molecule has 0 fully saturated rings. The van der Waals surface area contributed by atoms with E-state index in [0.717, 1.165) is 5.56 Å². The van der Waals surface area contributed by atoms with Gasteiger partial charge in [-0.15, -0.1) is 0 Å². The Balaban J connectivity index is 1.94. The van der Waals surface area contributed by atoms with E-state index >= 15 is 0 Å². The van der Waals surface area contributed by atoms with E-state index in [-0.39, 0.29) is 11.4 Å². The van der Waals surface area contributed by atoms with Crippen LogP contribution >= 0.6 is 0 Å². The SMILES string of the molecule is O=S(=O)(NCc1ncco1)c1ccccc1-c1ccccc1. The molecule has 22 heavy (non-hydrogen) atoms. The number of hydrogen-bond donors (Lipinski definition) is 1. The molecule has 0 aliphatic heterocycles. The number of benzene rings is 2. The van der Waals surface area contributed by atoms with Gasteiger partial charge < -0.3 is 4.42 Å². The monoisotopic (exact) mass is 314 g/mol. The largest absolute Gasteiger partial charge is 0.448 e. The van der Waals surface area contributed by atoms with Gasteiger partial charge in [0.25, 0.3) is 0 Å². The third-order valence-corrected chi connectivity index (χ3v) is 4.62. The lowest BCUT2D eigenvalue weighted by Crippen LogP contribution is -2.24. The summed E-state index contributed by atoms with van der Waals surface area (Å²) in [5.74, 6) is 0.320. The summed E-state index contributed by atoms with van der Waals surface area (Å²) in [6, 6.07) is 16.3. The van der Waals surface area contributed by atoms with Crippen molar-refractivity contribution in [3.05, 3.63) is 72.9 Å². The van der Waals surface area contributed by atoms with Crippen LogP contribution in [0.5, 0.6) is 0 Å². The van der Waals surface area contributed by atoms with Crippen molar-refractivity contribution in [3.8, 4) is 11.1 Å². The van der Waals surface area contributed by atoms with Crippen LogP contribution in [0.4, 0.5) is 0 Å². The van der Waals surface area contributed by atoms with Crippen molar-refractivity contribution in [2.24, 2.45) is 0 Å². The minimum Gasteiger partial charge on any atom is -0.448 e. The van der Waals surface area contributed by atoms with E-state index in [2.05, 4.69) is 9.71 Å². The summed E-state index contributed by atoms with van der Waals surface area (Å²) in [5, 5.41) is 0. The Morgan fingerprint density at radius 3 is 2.45 bits per heavy atom. The van der Waals surface area contributed by atoms with Gasteiger partial charge in [-0.05, 0) is 11.6 Å². The highest BCUT2D eigenvalue weighted by Crippen LogP contribution is 2.26. The smallest absolute Gasteiger partial charge is 0.241 e. The quantitative estimate of drug-likeness (QED) is 0.786. The van der Waals surface area contributed by atoms with Crippen LogP contribution in [0.15, 0.2) is 76.4 Å². The van der Waals surface area contributed by atoms with Crippen LogP contribution in [0.3, 0.4) is 0 Å². The number of sulfonamides is 1. The first-order chi connectivity index (χ1) is 10.7. The summed E-state index contributed by atoms with van der Waals surface area (Å²) in [5.41, 5.74) is 1.50. The maximum Gasteiger partial charge on any atom is 0.241 e. The highest BCUT2D eigenvalue weighted by molar-refractivity contribution is 7.89. The Morgan fingerprint density at radius 2 is 1.73 bits per heavy atom. The summed E-state index contributed by atoms with van der Waals surface area (Å²) < 4.78 is 32.6. The molecule has 112 valence electrons. The third kappa shape index (κ3) is 3.08. The second-order valence-corrected chi connectivity index (χ2v) is 6.35. The van der Waals surface area contributed by atoms with Crippen LogP contribution < -0.4 is 4.72 Å². The maximum atomic E-state index is 12.5. The summed E-state index contributed by atoms with van der Waals surface area (Å²) >= 11 is 0. The van der Waals surface area contributed by atoms with Gasteiger partial charge in [0.15, 0.2) is 0 Å². The van der Waals surface area contributed by atoms with Gasteiger partial charge in [0.1, 0.15) is 6.26 Å². The molecule has 1 N–H and O–H groups in total. The van der Waals surface area contributed by atoms with Crippen LogP contribution in [0.1, 0.15) is 5.89 Å². The van der Waals surface area contributed by atoms with E-state index in [0.29, 0.717) is 11.5 Å². The predicted molar refractivity (Wildman–Crippen MR) is 82.4 cm³/mol. The lowest BCUT2D eigenvalue weighted by atomic mass is 10.1. The van der Waals surface area contributed by atoms with Crippen molar-refractivity contribution in [1.29, 1.82) is 0 Å². The molecule has 0 unspecified atom stereocenters. The number of rotatable bonds is 5. The van der Waals surface area contributed by atoms with Gasteiger partial charge in [-0.25, -0.2) is 18.1 Å². The van der Waals surface area contributed by atoms with Gasteiger partial charge in [0, 0.05) is 5.56 Å². The maximum absolute atomic E-state index is 12.5. The Labute approximate surface area is 128 Å². The lowest BCUT2D eigenvalue weighted by molar-refractivity contribution is 0.484. The molecule has 0 atom stereocenters. The summed E-state index contributed by atoms with van der Waals surface area (Å²) in [6.07, 6.45) is 2.88. The first-order valence-electron chi connectivity index (χ1n) is 6.69. The first-order valence-corrected chi connectivity index (χ1v) is 8.17. The van der Waals surface area contributed by atoms with E-state index < -0.39 is 10.0 Å².